The first-order valence-corrected chi connectivity index (χ1v) is 12.9. The summed E-state index contributed by atoms with van der Waals surface area (Å²) in [6, 6.07) is 4.58. The van der Waals surface area contributed by atoms with E-state index in [1.165, 1.54) is 0 Å². The molecular formula is C24H22F7N3O4S. The molecule has 1 unspecified atom stereocenters. The van der Waals surface area contributed by atoms with Crippen LogP contribution in [0.2, 0.25) is 0 Å². The molecule has 4 rings (SSSR count). The van der Waals surface area contributed by atoms with Gasteiger partial charge in [-0.1, -0.05) is 18.7 Å². The first-order valence-electron chi connectivity index (χ1n) is 11.4. The molecule has 0 aliphatic carbocycles. The number of rotatable bonds is 6. The predicted molar refractivity (Wildman–Crippen MR) is 125 cm³/mol. The molecule has 7 nitrogen and oxygen atoms in total. The minimum Gasteiger partial charge on any atom is -0.451 e. The van der Waals surface area contributed by atoms with E-state index in [0.717, 1.165) is 34.6 Å². The van der Waals surface area contributed by atoms with Crippen molar-refractivity contribution in [3.05, 3.63) is 71.6 Å². The van der Waals surface area contributed by atoms with Gasteiger partial charge in [0, 0.05) is 17.6 Å². The van der Waals surface area contributed by atoms with Gasteiger partial charge in [0.25, 0.3) is 15.6 Å². The second-order valence-corrected chi connectivity index (χ2v) is 11.0. The number of fused-ring (bicyclic) bond motifs is 1. The molecule has 0 spiro atoms. The van der Waals surface area contributed by atoms with Crippen molar-refractivity contribution in [2.75, 3.05) is 4.31 Å². The number of halogens is 7. The number of hydrogen-bond donors (Lipinski definition) is 2. The van der Waals surface area contributed by atoms with Gasteiger partial charge in [-0.2, -0.15) is 26.3 Å². The van der Waals surface area contributed by atoms with Gasteiger partial charge in [0.2, 0.25) is 5.90 Å². The SMILES string of the molecule is C=C(C)C1=NNC(C[C@@H]2CCc3cc(C(O)(C(F)(F)F)C(F)(F)F)ccc3N2S(=O)(=O)c2ccc(F)cc2)O1. The molecular weight excluding hydrogens is 559 g/mol. The average molecular weight is 582 g/mol. The molecule has 0 bridgehead atoms. The first kappa shape index (κ1) is 28.7. The molecule has 2 heterocycles. The normalized spacial score (nSPS) is 20.1. The molecule has 2 atom stereocenters. The Morgan fingerprint density at radius 2 is 1.74 bits per heavy atom. The largest absolute Gasteiger partial charge is 0.451 e. The highest BCUT2D eigenvalue weighted by Gasteiger charge is 2.71. The number of aryl methyl sites for hydroxylation is 1. The maximum atomic E-state index is 13.7. The second kappa shape index (κ2) is 9.70. The molecule has 2 aromatic rings. The van der Waals surface area contributed by atoms with Crippen LogP contribution in [0.4, 0.5) is 36.4 Å². The van der Waals surface area contributed by atoms with Gasteiger partial charge in [0.1, 0.15) is 5.82 Å². The molecule has 0 radical (unpaired) electrons. The number of hydrogen-bond acceptors (Lipinski definition) is 6. The van der Waals surface area contributed by atoms with Crippen molar-refractivity contribution in [1.29, 1.82) is 0 Å². The van der Waals surface area contributed by atoms with E-state index >= 15 is 0 Å². The Morgan fingerprint density at radius 3 is 2.28 bits per heavy atom. The van der Waals surface area contributed by atoms with Crippen LogP contribution in [0.25, 0.3) is 0 Å². The molecule has 0 aromatic heterocycles. The zero-order valence-corrected chi connectivity index (χ0v) is 21.0. The molecule has 212 valence electrons. The predicted octanol–water partition coefficient (Wildman–Crippen LogP) is 4.87. The number of benzene rings is 2. The second-order valence-electron chi connectivity index (χ2n) is 9.17. The zero-order chi connectivity index (χ0) is 29.0. The smallest absolute Gasteiger partial charge is 0.430 e. The molecule has 2 aliphatic heterocycles. The Kier molecular flexibility index (Phi) is 7.13. The summed E-state index contributed by atoms with van der Waals surface area (Å²) in [6.45, 7) is 5.33. The molecule has 2 aliphatic rings. The lowest BCUT2D eigenvalue weighted by Crippen LogP contribution is -2.54. The van der Waals surface area contributed by atoms with Crippen LogP contribution in [-0.4, -0.2) is 44.0 Å². The van der Waals surface area contributed by atoms with E-state index in [4.69, 9.17) is 4.74 Å². The van der Waals surface area contributed by atoms with Gasteiger partial charge in [-0.25, -0.2) is 12.8 Å². The zero-order valence-electron chi connectivity index (χ0n) is 20.1. The fourth-order valence-corrected chi connectivity index (χ4v) is 6.20. The monoisotopic (exact) mass is 581 g/mol. The van der Waals surface area contributed by atoms with Crippen molar-refractivity contribution in [3.8, 4) is 0 Å². The van der Waals surface area contributed by atoms with Crippen molar-refractivity contribution < 1.29 is 49.0 Å². The summed E-state index contributed by atoms with van der Waals surface area (Å²) in [7, 11) is -4.50. The Hall–Kier alpha value is -3.33. The summed E-state index contributed by atoms with van der Waals surface area (Å²) in [5.41, 5.74) is -3.85. The summed E-state index contributed by atoms with van der Waals surface area (Å²) in [5, 5.41) is 13.8. The number of nitrogens with one attached hydrogen (secondary N) is 1. The summed E-state index contributed by atoms with van der Waals surface area (Å²) in [6.07, 6.45) is -13.2. The number of alkyl halides is 6. The lowest BCUT2D eigenvalue weighted by Gasteiger charge is -2.40. The van der Waals surface area contributed by atoms with Gasteiger partial charge in [-0.05, 0) is 55.7 Å². The van der Waals surface area contributed by atoms with Crippen LogP contribution in [0, 0.1) is 5.82 Å². The molecule has 2 N–H and O–H groups in total. The van der Waals surface area contributed by atoms with Crippen LogP contribution < -0.4 is 9.73 Å². The number of hydrazone groups is 1. The third-order valence-corrected chi connectivity index (χ3v) is 8.30. The van der Waals surface area contributed by atoms with Crippen LogP contribution >= 0.6 is 0 Å². The highest BCUT2D eigenvalue weighted by atomic mass is 32.2. The van der Waals surface area contributed by atoms with Crippen molar-refractivity contribution in [2.24, 2.45) is 5.10 Å². The van der Waals surface area contributed by atoms with Gasteiger partial charge < -0.3 is 9.84 Å². The molecule has 2 aromatic carbocycles. The highest BCUT2D eigenvalue weighted by Crippen LogP contribution is 2.51. The minimum absolute atomic E-state index is 0.0169. The van der Waals surface area contributed by atoms with Crippen LogP contribution in [-0.2, 0) is 26.8 Å². The fraction of sp³-hybridized carbons (Fsp3) is 0.375. The maximum Gasteiger partial charge on any atom is 0.430 e. The van der Waals surface area contributed by atoms with Gasteiger partial charge in [-0.3, -0.25) is 9.73 Å². The maximum absolute atomic E-state index is 13.7. The van der Waals surface area contributed by atoms with E-state index in [1.54, 1.807) is 6.92 Å². The number of aliphatic hydroxyl groups is 1. The third kappa shape index (κ3) is 5.04. The minimum atomic E-state index is -6.11. The third-order valence-electron chi connectivity index (χ3n) is 6.42. The highest BCUT2D eigenvalue weighted by molar-refractivity contribution is 7.92. The van der Waals surface area contributed by atoms with Crippen molar-refractivity contribution in [1.82, 2.24) is 5.43 Å². The topological polar surface area (TPSA) is 91.2 Å². The molecule has 0 amide bonds. The molecule has 15 heteroatoms. The number of ether oxygens (including phenoxy) is 1. The summed E-state index contributed by atoms with van der Waals surface area (Å²) < 4.78 is 128. The van der Waals surface area contributed by atoms with Gasteiger partial charge in [0.05, 0.1) is 16.6 Å². The van der Waals surface area contributed by atoms with Gasteiger partial charge in [-0.15, -0.1) is 5.10 Å². The summed E-state index contributed by atoms with van der Waals surface area (Å²) in [5.74, 6) is -0.534. The van der Waals surface area contributed by atoms with E-state index in [1.807, 2.05) is 0 Å². The van der Waals surface area contributed by atoms with Gasteiger partial charge in [0.15, 0.2) is 6.23 Å². The number of nitrogens with zero attached hydrogens (tertiary/aromatic N) is 2. The van der Waals surface area contributed by atoms with E-state index < -0.39 is 51.6 Å². The first-order chi connectivity index (χ1) is 18.0. The van der Waals surface area contributed by atoms with E-state index in [-0.39, 0.29) is 41.3 Å². The van der Waals surface area contributed by atoms with Crippen molar-refractivity contribution in [3.63, 3.8) is 0 Å². The van der Waals surface area contributed by atoms with E-state index in [0.29, 0.717) is 17.7 Å². The Labute approximate surface area is 218 Å². The molecule has 0 fully saturated rings. The average Bonchev–Trinajstić information content (AvgIpc) is 3.30. The van der Waals surface area contributed by atoms with Crippen LogP contribution in [0.5, 0.6) is 0 Å². The Balaban J connectivity index is 1.80. The molecule has 0 saturated heterocycles. The van der Waals surface area contributed by atoms with E-state index in [9.17, 15) is 44.3 Å². The molecule has 39 heavy (non-hydrogen) atoms. The Morgan fingerprint density at radius 1 is 1.13 bits per heavy atom. The summed E-state index contributed by atoms with van der Waals surface area (Å²) >= 11 is 0. The summed E-state index contributed by atoms with van der Waals surface area (Å²) in [4.78, 5) is -0.355. The quantitative estimate of drug-likeness (QED) is 0.475. The van der Waals surface area contributed by atoms with Gasteiger partial charge >= 0.3 is 12.4 Å². The number of anilines is 1. The van der Waals surface area contributed by atoms with Crippen LogP contribution in [0.15, 0.2) is 64.6 Å². The lowest BCUT2D eigenvalue weighted by atomic mass is 9.87. The lowest BCUT2D eigenvalue weighted by molar-refractivity contribution is -0.376. The Bertz CT molecular complexity index is 1390. The fourth-order valence-electron chi connectivity index (χ4n) is 4.47. The molecule has 0 saturated carbocycles. The van der Waals surface area contributed by atoms with Crippen molar-refractivity contribution >= 4 is 21.6 Å². The number of sulfonamides is 1. The van der Waals surface area contributed by atoms with Crippen LogP contribution in [0.3, 0.4) is 0 Å². The van der Waals surface area contributed by atoms with Crippen LogP contribution in [0.1, 0.15) is 30.9 Å². The standard InChI is InChI=1S/C24H22F7N3O4S/c1-13(2)21-33-32-20(38-21)12-17-7-3-14-11-15(22(35,23(26,27)28)24(29,30)31)4-10-19(14)34(17)39(36,37)18-8-5-16(25)6-9-18/h4-6,8-11,17,20,32,35H,1,3,7,12H2,2H3/t17-,20?/m0/s1. The van der Waals surface area contributed by atoms with Crippen molar-refractivity contribution in [2.45, 2.75) is 61.3 Å². The van der Waals surface area contributed by atoms with E-state index in [2.05, 4.69) is 17.1 Å².